The van der Waals surface area contributed by atoms with Crippen molar-refractivity contribution in [1.82, 2.24) is 10.3 Å². The zero-order chi connectivity index (χ0) is 11.3. The predicted molar refractivity (Wildman–Crippen MR) is 60.4 cm³/mol. The predicted octanol–water partition coefficient (Wildman–Crippen LogP) is 1.46. The van der Waals surface area contributed by atoms with E-state index in [0.717, 1.165) is 17.9 Å². The highest BCUT2D eigenvalue weighted by atomic mass is 32.1. The fourth-order valence-electron chi connectivity index (χ4n) is 0.962. The Balaban J connectivity index is 2.29. The molecular weight excluding hydrogens is 216 g/mol. The van der Waals surface area contributed by atoms with Gasteiger partial charge in [-0.15, -0.1) is 0 Å². The fourth-order valence-corrected chi connectivity index (χ4v) is 1.62. The number of nitrogens with zero attached hydrogens (tertiary/aromatic N) is 2. The van der Waals surface area contributed by atoms with Crippen LogP contribution in [0.5, 0.6) is 0 Å². The Bertz CT molecular complexity index is 326. The summed E-state index contributed by atoms with van der Waals surface area (Å²) in [5.74, 6) is 0. The molecule has 0 saturated carbocycles. The maximum absolute atomic E-state index is 10.4. The molecule has 0 aromatic carbocycles. The minimum absolute atomic E-state index is 0.0642. The summed E-state index contributed by atoms with van der Waals surface area (Å²) in [6.07, 6.45) is 1.27. The quantitative estimate of drug-likeness (QED) is 0.439. The molecule has 0 unspecified atom stereocenters. The van der Waals surface area contributed by atoms with E-state index in [9.17, 15) is 10.1 Å². The zero-order valence-corrected chi connectivity index (χ0v) is 9.50. The van der Waals surface area contributed by atoms with Gasteiger partial charge in [0.25, 0.3) is 0 Å². The van der Waals surface area contributed by atoms with E-state index in [0.29, 0.717) is 17.7 Å². The summed E-state index contributed by atoms with van der Waals surface area (Å²) in [5, 5.41) is 17.3. The van der Waals surface area contributed by atoms with Crippen molar-refractivity contribution in [3.8, 4) is 0 Å². The average Bonchev–Trinajstić information content (AvgIpc) is 2.60. The molecule has 15 heavy (non-hydrogen) atoms. The summed E-state index contributed by atoms with van der Waals surface area (Å²) in [7, 11) is 0. The summed E-state index contributed by atoms with van der Waals surface area (Å²) in [6.45, 7) is 5.65. The van der Waals surface area contributed by atoms with Gasteiger partial charge in [-0.25, -0.2) is 4.98 Å². The normalized spacial score (nSPS) is 10.6. The van der Waals surface area contributed by atoms with Crippen molar-refractivity contribution >= 4 is 21.5 Å². The highest BCUT2D eigenvalue weighted by Crippen LogP contribution is 2.24. The third kappa shape index (κ3) is 4.22. The standard InChI is InChI=1S/C8H14N4O2S/c1-6(2)9-3-4-10-8-11-5-7(15-8)12(13)14/h5-6,9H,3-4H2,1-2H3,(H,10,11). The van der Waals surface area contributed by atoms with Crippen LogP contribution in [0.25, 0.3) is 0 Å². The van der Waals surface area contributed by atoms with Crippen molar-refractivity contribution in [2.24, 2.45) is 0 Å². The molecule has 0 atom stereocenters. The van der Waals surface area contributed by atoms with Crippen LogP contribution in [0, 0.1) is 10.1 Å². The molecule has 0 aliphatic carbocycles. The lowest BCUT2D eigenvalue weighted by molar-refractivity contribution is -0.380. The minimum Gasteiger partial charge on any atom is -0.360 e. The average molecular weight is 230 g/mol. The summed E-state index contributed by atoms with van der Waals surface area (Å²) in [5.41, 5.74) is 0. The number of hydrogen-bond donors (Lipinski definition) is 2. The fraction of sp³-hybridized carbons (Fsp3) is 0.625. The van der Waals surface area contributed by atoms with Crippen LogP contribution in [0.3, 0.4) is 0 Å². The topological polar surface area (TPSA) is 80.1 Å². The third-order valence-corrected chi connectivity index (χ3v) is 2.53. The lowest BCUT2D eigenvalue weighted by atomic mass is 10.4. The number of aromatic nitrogens is 1. The first-order valence-electron chi connectivity index (χ1n) is 4.67. The molecule has 0 spiro atoms. The molecule has 0 aliphatic rings. The first-order chi connectivity index (χ1) is 7.09. The van der Waals surface area contributed by atoms with Gasteiger partial charge in [0.15, 0.2) is 5.13 Å². The second-order valence-corrected chi connectivity index (χ2v) is 4.31. The summed E-state index contributed by atoms with van der Waals surface area (Å²) < 4.78 is 0. The number of nitro groups is 1. The maximum Gasteiger partial charge on any atom is 0.345 e. The Morgan fingerprint density at radius 3 is 2.87 bits per heavy atom. The van der Waals surface area contributed by atoms with Crippen molar-refractivity contribution in [1.29, 1.82) is 0 Å². The Labute approximate surface area is 91.9 Å². The van der Waals surface area contributed by atoms with E-state index >= 15 is 0 Å². The van der Waals surface area contributed by atoms with Gasteiger partial charge in [0.2, 0.25) is 0 Å². The van der Waals surface area contributed by atoms with Gasteiger partial charge in [-0.1, -0.05) is 13.8 Å². The van der Waals surface area contributed by atoms with E-state index in [2.05, 4.69) is 29.5 Å². The molecule has 2 N–H and O–H groups in total. The summed E-state index contributed by atoms with van der Waals surface area (Å²) in [6, 6.07) is 0.442. The van der Waals surface area contributed by atoms with Gasteiger partial charge in [0.05, 0.1) is 4.92 Å². The molecule has 0 bridgehead atoms. The molecule has 6 nitrogen and oxygen atoms in total. The minimum atomic E-state index is -0.435. The summed E-state index contributed by atoms with van der Waals surface area (Å²) >= 11 is 1.05. The number of nitrogens with one attached hydrogen (secondary N) is 2. The number of rotatable bonds is 6. The lowest BCUT2D eigenvalue weighted by Gasteiger charge is -2.07. The zero-order valence-electron chi connectivity index (χ0n) is 8.69. The van der Waals surface area contributed by atoms with Crippen LogP contribution in [-0.2, 0) is 0 Å². The van der Waals surface area contributed by atoms with E-state index < -0.39 is 4.92 Å². The SMILES string of the molecule is CC(C)NCCNc1ncc([N+](=O)[O-])s1. The first kappa shape index (κ1) is 11.9. The van der Waals surface area contributed by atoms with Crippen LogP contribution in [0.15, 0.2) is 6.20 Å². The number of anilines is 1. The Morgan fingerprint density at radius 2 is 2.33 bits per heavy atom. The molecule has 0 radical (unpaired) electrons. The highest BCUT2D eigenvalue weighted by molar-refractivity contribution is 7.18. The molecule has 0 amide bonds. The van der Waals surface area contributed by atoms with Crippen LogP contribution in [0.2, 0.25) is 0 Å². The van der Waals surface area contributed by atoms with E-state index in [1.165, 1.54) is 6.20 Å². The van der Waals surface area contributed by atoms with Gasteiger partial charge in [0.1, 0.15) is 6.20 Å². The van der Waals surface area contributed by atoms with E-state index in [4.69, 9.17) is 0 Å². The lowest BCUT2D eigenvalue weighted by Crippen LogP contribution is -2.28. The highest BCUT2D eigenvalue weighted by Gasteiger charge is 2.10. The molecular formula is C8H14N4O2S. The van der Waals surface area contributed by atoms with Crippen molar-refractivity contribution in [3.63, 3.8) is 0 Å². The van der Waals surface area contributed by atoms with Gasteiger partial charge in [-0.3, -0.25) is 10.1 Å². The summed E-state index contributed by atoms with van der Waals surface area (Å²) in [4.78, 5) is 13.8. The van der Waals surface area contributed by atoms with Gasteiger partial charge < -0.3 is 10.6 Å². The Hall–Kier alpha value is -1.21. The molecule has 0 aliphatic heterocycles. The van der Waals surface area contributed by atoms with Gasteiger partial charge in [-0.05, 0) is 11.3 Å². The van der Waals surface area contributed by atoms with Gasteiger partial charge in [0, 0.05) is 19.1 Å². The van der Waals surface area contributed by atoms with Crippen LogP contribution in [0.4, 0.5) is 10.1 Å². The number of thiazole rings is 1. The molecule has 84 valence electrons. The Morgan fingerprint density at radius 1 is 1.60 bits per heavy atom. The molecule has 1 aromatic rings. The van der Waals surface area contributed by atoms with Crippen LogP contribution >= 0.6 is 11.3 Å². The van der Waals surface area contributed by atoms with Gasteiger partial charge >= 0.3 is 5.00 Å². The van der Waals surface area contributed by atoms with Crippen molar-refractivity contribution in [2.45, 2.75) is 19.9 Å². The van der Waals surface area contributed by atoms with Crippen molar-refractivity contribution in [3.05, 3.63) is 16.3 Å². The molecule has 1 rings (SSSR count). The largest absolute Gasteiger partial charge is 0.360 e. The second-order valence-electron chi connectivity index (χ2n) is 3.30. The molecule has 0 saturated heterocycles. The monoisotopic (exact) mass is 230 g/mol. The molecule has 1 aromatic heterocycles. The Kier molecular flexibility index (Phi) is 4.44. The molecule has 1 heterocycles. The van der Waals surface area contributed by atoms with E-state index in [1.54, 1.807) is 0 Å². The van der Waals surface area contributed by atoms with E-state index in [1.807, 2.05) is 0 Å². The molecule has 7 heteroatoms. The van der Waals surface area contributed by atoms with Gasteiger partial charge in [-0.2, -0.15) is 0 Å². The molecule has 0 fully saturated rings. The second kappa shape index (κ2) is 5.62. The third-order valence-electron chi connectivity index (χ3n) is 1.63. The smallest absolute Gasteiger partial charge is 0.345 e. The van der Waals surface area contributed by atoms with Crippen molar-refractivity contribution in [2.75, 3.05) is 18.4 Å². The van der Waals surface area contributed by atoms with Crippen LogP contribution < -0.4 is 10.6 Å². The maximum atomic E-state index is 10.4. The van der Waals surface area contributed by atoms with E-state index in [-0.39, 0.29) is 5.00 Å². The number of hydrogen-bond acceptors (Lipinski definition) is 6. The van der Waals surface area contributed by atoms with Crippen molar-refractivity contribution < 1.29 is 4.92 Å². The first-order valence-corrected chi connectivity index (χ1v) is 5.48. The van der Waals surface area contributed by atoms with Crippen LogP contribution in [0.1, 0.15) is 13.8 Å². The van der Waals surface area contributed by atoms with Crippen LogP contribution in [-0.4, -0.2) is 29.0 Å².